The van der Waals surface area contributed by atoms with E-state index in [0.29, 0.717) is 32.0 Å². The highest BCUT2D eigenvalue weighted by Gasteiger charge is 2.28. The normalized spacial score (nSPS) is 15.4. The molecular weight excluding hydrogens is 467 g/mol. The molecule has 4 rings (SSSR count). The number of sulfonamides is 2. The summed E-state index contributed by atoms with van der Waals surface area (Å²) in [6.07, 6.45) is 1.39. The topological polar surface area (TPSA) is 99.7 Å². The minimum atomic E-state index is -3.86. The van der Waals surface area contributed by atoms with Gasteiger partial charge < -0.3 is 4.90 Å². The maximum absolute atomic E-state index is 13.0. The van der Waals surface area contributed by atoms with Gasteiger partial charge in [-0.25, -0.2) is 26.2 Å². The minimum absolute atomic E-state index is 0.0566. The first-order chi connectivity index (χ1) is 15.6. The van der Waals surface area contributed by atoms with Crippen LogP contribution in [0.25, 0.3) is 0 Å². The van der Waals surface area contributed by atoms with Gasteiger partial charge in [0, 0.05) is 26.2 Å². The third kappa shape index (κ3) is 5.15. The summed E-state index contributed by atoms with van der Waals surface area (Å²) in [4.78, 5) is 6.48. The molecule has 0 saturated carbocycles. The third-order valence-corrected chi connectivity index (χ3v) is 8.66. The first-order valence-electron chi connectivity index (χ1n) is 10.2. The van der Waals surface area contributed by atoms with E-state index in [9.17, 15) is 21.2 Å². The Morgan fingerprint density at radius 2 is 1.42 bits per heavy atom. The summed E-state index contributed by atoms with van der Waals surface area (Å²) in [6, 6.07) is 14.6. The number of rotatable bonds is 6. The van der Waals surface area contributed by atoms with Gasteiger partial charge in [-0.1, -0.05) is 17.7 Å². The fraction of sp³-hybridized carbons (Fsp3) is 0.227. The van der Waals surface area contributed by atoms with Crippen molar-refractivity contribution in [1.29, 1.82) is 0 Å². The van der Waals surface area contributed by atoms with Crippen LogP contribution in [0.1, 0.15) is 5.56 Å². The van der Waals surface area contributed by atoms with Gasteiger partial charge in [-0.15, -0.1) is 0 Å². The van der Waals surface area contributed by atoms with E-state index < -0.39 is 25.9 Å². The predicted octanol–water partition coefficient (Wildman–Crippen LogP) is 2.84. The standard InChI is InChI=1S/C22H23FN4O4S2/c1-17-2-7-21(8-3-17)33(30,31)27-14-12-26(13-15-27)22-11-6-19(16-24-22)25-32(28,29)20-9-4-18(23)5-10-20/h2-11,16,25H,12-15H2,1H3. The summed E-state index contributed by atoms with van der Waals surface area (Å²) in [5.74, 6) is 0.0962. The number of pyridine rings is 1. The van der Waals surface area contributed by atoms with Crippen LogP contribution in [0.3, 0.4) is 0 Å². The Balaban J connectivity index is 1.39. The minimum Gasteiger partial charge on any atom is -0.354 e. The number of hydrogen-bond acceptors (Lipinski definition) is 6. The molecule has 0 unspecified atom stereocenters. The van der Waals surface area contributed by atoms with Crippen molar-refractivity contribution < 1.29 is 21.2 Å². The highest BCUT2D eigenvalue weighted by Crippen LogP contribution is 2.22. The van der Waals surface area contributed by atoms with Gasteiger partial charge in [0.25, 0.3) is 10.0 Å². The second-order valence-corrected chi connectivity index (χ2v) is 11.3. The lowest BCUT2D eigenvalue weighted by molar-refractivity contribution is 0.384. The van der Waals surface area contributed by atoms with Crippen molar-refractivity contribution in [3.63, 3.8) is 0 Å². The molecular formula is C22H23FN4O4S2. The molecule has 1 N–H and O–H groups in total. The SMILES string of the molecule is Cc1ccc(S(=O)(=O)N2CCN(c3ccc(NS(=O)(=O)c4ccc(F)cc4)cn3)CC2)cc1. The molecule has 1 saturated heterocycles. The summed E-state index contributed by atoms with van der Waals surface area (Å²) in [7, 11) is -7.42. The molecule has 0 radical (unpaired) electrons. The van der Waals surface area contributed by atoms with E-state index in [1.54, 1.807) is 36.4 Å². The molecule has 0 aliphatic carbocycles. The molecule has 1 fully saturated rings. The largest absolute Gasteiger partial charge is 0.354 e. The van der Waals surface area contributed by atoms with Gasteiger partial charge in [0.15, 0.2) is 0 Å². The number of piperazine rings is 1. The Bertz CT molecular complexity index is 1320. The number of benzene rings is 2. The molecule has 0 amide bonds. The highest BCUT2D eigenvalue weighted by atomic mass is 32.2. The van der Waals surface area contributed by atoms with E-state index in [2.05, 4.69) is 9.71 Å². The van der Waals surface area contributed by atoms with Gasteiger partial charge in [-0.05, 0) is 55.5 Å². The Hall–Kier alpha value is -3.02. The van der Waals surface area contributed by atoms with Crippen LogP contribution in [0.5, 0.6) is 0 Å². The molecule has 1 aliphatic heterocycles. The van der Waals surface area contributed by atoms with E-state index in [0.717, 1.165) is 17.7 Å². The summed E-state index contributed by atoms with van der Waals surface area (Å²) < 4.78 is 67.5. The van der Waals surface area contributed by atoms with Crippen molar-refractivity contribution >= 4 is 31.6 Å². The Kier molecular flexibility index (Phi) is 6.37. The van der Waals surface area contributed by atoms with Crippen LogP contribution >= 0.6 is 0 Å². The van der Waals surface area contributed by atoms with Crippen LogP contribution in [0.4, 0.5) is 15.9 Å². The molecule has 1 aromatic heterocycles. The highest BCUT2D eigenvalue weighted by molar-refractivity contribution is 7.92. The van der Waals surface area contributed by atoms with Crippen LogP contribution in [0, 0.1) is 12.7 Å². The molecule has 0 atom stereocenters. The van der Waals surface area contributed by atoms with E-state index in [1.807, 2.05) is 11.8 Å². The van der Waals surface area contributed by atoms with Crippen LogP contribution in [0.15, 0.2) is 76.7 Å². The Labute approximate surface area is 192 Å². The predicted molar refractivity (Wildman–Crippen MR) is 124 cm³/mol. The smallest absolute Gasteiger partial charge is 0.261 e. The summed E-state index contributed by atoms with van der Waals surface area (Å²) in [6.45, 7) is 3.45. The van der Waals surface area contributed by atoms with Crippen LogP contribution in [-0.2, 0) is 20.0 Å². The number of nitrogens with zero attached hydrogens (tertiary/aromatic N) is 3. The Morgan fingerprint density at radius 3 is 2.00 bits per heavy atom. The summed E-state index contributed by atoms with van der Waals surface area (Å²) in [5, 5.41) is 0. The zero-order valence-electron chi connectivity index (χ0n) is 17.8. The maximum atomic E-state index is 13.0. The zero-order valence-corrected chi connectivity index (χ0v) is 19.5. The molecule has 2 heterocycles. The molecule has 0 bridgehead atoms. The van der Waals surface area contributed by atoms with Gasteiger partial charge >= 0.3 is 0 Å². The van der Waals surface area contributed by atoms with Crippen molar-refractivity contribution in [2.24, 2.45) is 0 Å². The molecule has 11 heteroatoms. The van der Waals surface area contributed by atoms with Crippen molar-refractivity contribution in [2.45, 2.75) is 16.7 Å². The van der Waals surface area contributed by atoms with E-state index in [4.69, 9.17) is 0 Å². The zero-order chi connectivity index (χ0) is 23.6. The maximum Gasteiger partial charge on any atom is 0.261 e. The van der Waals surface area contributed by atoms with Gasteiger partial charge in [0.1, 0.15) is 11.6 Å². The van der Waals surface area contributed by atoms with E-state index in [-0.39, 0.29) is 15.5 Å². The number of hydrogen-bond donors (Lipinski definition) is 1. The number of aryl methyl sites for hydroxylation is 1. The number of halogens is 1. The lowest BCUT2D eigenvalue weighted by Gasteiger charge is -2.34. The molecule has 0 spiro atoms. The molecule has 2 aromatic carbocycles. The quantitative estimate of drug-likeness (QED) is 0.571. The number of nitrogens with one attached hydrogen (secondary N) is 1. The molecule has 1 aliphatic rings. The van der Waals surface area contributed by atoms with Gasteiger partial charge in [-0.2, -0.15) is 4.31 Å². The van der Waals surface area contributed by atoms with E-state index >= 15 is 0 Å². The molecule has 33 heavy (non-hydrogen) atoms. The van der Waals surface area contributed by atoms with E-state index in [1.165, 1.54) is 22.6 Å². The third-order valence-electron chi connectivity index (χ3n) is 5.35. The second kappa shape index (κ2) is 9.08. The van der Waals surface area contributed by atoms with Gasteiger partial charge in [0.2, 0.25) is 10.0 Å². The van der Waals surface area contributed by atoms with Crippen LogP contribution in [0.2, 0.25) is 0 Å². The lowest BCUT2D eigenvalue weighted by atomic mass is 10.2. The van der Waals surface area contributed by atoms with Crippen molar-refractivity contribution in [3.8, 4) is 0 Å². The first kappa shape index (κ1) is 23.1. The van der Waals surface area contributed by atoms with Crippen LogP contribution < -0.4 is 9.62 Å². The average molecular weight is 491 g/mol. The first-order valence-corrected chi connectivity index (χ1v) is 13.1. The average Bonchev–Trinajstić information content (AvgIpc) is 2.80. The molecule has 8 nitrogen and oxygen atoms in total. The van der Waals surface area contributed by atoms with Crippen molar-refractivity contribution in [1.82, 2.24) is 9.29 Å². The number of anilines is 2. The fourth-order valence-electron chi connectivity index (χ4n) is 3.48. The van der Waals surface area contributed by atoms with Gasteiger partial charge in [-0.3, -0.25) is 4.72 Å². The summed E-state index contributed by atoms with van der Waals surface area (Å²) in [5.41, 5.74) is 1.26. The summed E-state index contributed by atoms with van der Waals surface area (Å²) >= 11 is 0. The number of aromatic nitrogens is 1. The Morgan fingerprint density at radius 1 is 0.818 bits per heavy atom. The molecule has 174 valence electrons. The lowest BCUT2D eigenvalue weighted by Crippen LogP contribution is -2.48. The second-order valence-electron chi connectivity index (χ2n) is 7.67. The molecule has 3 aromatic rings. The van der Waals surface area contributed by atoms with Gasteiger partial charge in [0.05, 0.1) is 21.7 Å². The van der Waals surface area contributed by atoms with Crippen molar-refractivity contribution in [2.75, 3.05) is 35.8 Å². The monoisotopic (exact) mass is 490 g/mol. The van der Waals surface area contributed by atoms with Crippen molar-refractivity contribution in [3.05, 3.63) is 78.2 Å². The fourth-order valence-corrected chi connectivity index (χ4v) is 5.94. The van der Waals surface area contributed by atoms with Crippen LogP contribution in [-0.4, -0.2) is 52.3 Å².